The van der Waals surface area contributed by atoms with Crippen molar-refractivity contribution in [2.45, 2.75) is 32.7 Å². The van der Waals surface area contributed by atoms with Crippen LogP contribution in [0.3, 0.4) is 0 Å². The summed E-state index contributed by atoms with van der Waals surface area (Å²) in [5.41, 5.74) is 0.0839. The summed E-state index contributed by atoms with van der Waals surface area (Å²) in [6.07, 6.45) is 3.41. The Balaban J connectivity index is 1.99. The SMILES string of the molecule is CC(C)C(CNC(=O)c1cc(F)cnc1Cl)N1CCCC1. The molecule has 0 aliphatic carbocycles. The summed E-state index contributed by atoms with van der Waals surface area (Å²) >= 11 is 5.85. The molecular weight excluding hydrogens is 293 g/mol. The van der Waals surface area contributed by atoms with E-state index < -0.39 is 5.82 Å². The lowest BCUT2D eigenvalue weighted by Gasteiger charge is -2.31. The molecule has 6 heteroatoms. The first-order valence-electron chi connectivity index (χ1n) is 7.32. The van der Waals surface area contributed by atoms with Gasteiger partial charge in [-0.1, -0.05) is 25.4 Å². The Morgan fingerprint density at radius 2 is 2.14 bits per heavy atom. The van der Waals surface area contributed by atoms with Crippen LogP contribution in [-0.4, -0.2) is 41.5 Å². The highest BCUT2D eigenvalue weighted by atomic mass is 35.5. The molecule has 1 N–H and O–H groups in total. The zero-order valence-electron chi connectivity index (χ0n) is 12.4. The smallest absolute Gasteiger partial charge is 0.254 e. The molecule has 116 valence electrons. The van der Waals surface area contributed by atoms with Crippen LogP contribution >= 0.6 is 11.6 Å². The first-order valence-corrected chi connectivity index (χ1v) is 7.70. The molecule has 2 heterocycles. The van der Waals surface area contributed by atoms with E-state index in [4.69, 9.17) is 11.6 Å². The van der Waals surface area contributed by atoms with E-state index in [1.165, 1.54) is 12.8 Å². The Labute approximate surface area is 129 Å². The van der Waals surface area contributed by atoms with Gasteiger partial charge in [-0.05, 0) is 37.9 Å². The van der Waals surface area contributed by atoms with E-state index in [-0.39, 0.29) is 22.7 Å². The molecule has 2 rings (SSSR count). The third kappa shape index (κ3) is 4.14. The normalized spacial score (nSPS) is 17.2. The number of nitrogens with one attached hydrogen (secondary N) is 1. The van der Waals surface area contributed by atoms with Crippen LogP contribution in [0.5, 0.6) is 0 Å². The van der Waals surface area contributed by atoms with Crippen molar-refractivity contribution in [1.29, 1.82) is 0 Å². The molecule has 1 atom stereocenters. The summed E-state index contributed by atoms with van der Waals surface area (Å²) in [6.45, 7) is 6.96. The molecule has 21 heavy (non-hydrogen) atoms. The zero-order chi connectivity index (χ0) is 15.4. The number of likely N-dealkylation sites (tertiary alicyclic amines) is 1. The molecule has 0 spiro atoms. The summed E-state index contributed by atoms with van der Waals surface area (Å²) in [6, 6.07) is 1.40. The lowest BCUT2D eigenvalue weighted by Crippen LogP contribution is -2.45. The number of aromatic nitrogens is 1. The number of carbonyl (C=O) groups is 1. The van der Waals surface area contributed by atoms with Gasteiger partial charge in [0.2, 0.25) is 0 Å². The van der Waals surface area contributed by atoms with Gasteiger partial charge in [-0.2, -0.15) is 0 Å². The van der Waals surface area contributed by atoms with E-state index in [2.05, 4.69) is 29.0 Å². The molecule has 0 saturated carbocycles. The Kier molecular flexibility index (Phi) is 5.53. The second-order valence-corrected chi connectivity index (χ2v) is 6.11. The lowest BCUT2D eigenvalue weighted by atomic mass is 10.0. The first kappa shape index (κ1) is 16.2. The van der Waals surface area contributed by atoms with Crippen LogP contribution in [-0.2, 0) is 0 Å². The number of nitrogens with zero attached hydrogens (tertiary/aromatic N) is 2. The molecule has 0 aromatic carbocycles. The molecular formula is C15H21ClFN3O. The van der Waals surface area contributed by atoms with Crippen molar-refractivity contribution in [3.63, 3.8) is 0 Å². The Morgan fingerprint density at radius 1 is 1.48 bits per heavy atom. The minimum Gasteiger partial charge on any atom is -0.350 e. The summed E-state index contributed by atoms with van der Waals surface area (Å²) in [5, 5.41) is 2.88. The van der Waals surface area contributed by atoms with E-state index >= 15 is 0 Å². The van der Waals surface area contributed by atoms with Crippen LogP contribution in [0.1, 0.15) is 37.0 Å². The van der Waals surface area contributed by atoms with Gasteiger partial charge >= 0.3 is 0 Å². The molecule has 1 unspecified atom stereocenters. The lowest BCUT2D eigenvalue weighted by molar-refractivity contribution is 0.0926. The Bertz CT molecular complexity index is 504. The van der Waals surface area contributed by atoms with Gasteiger partial charge in [0.15, 0.2) is 0 Å². The molecule has 1 aromatic rings. The number of amides is 1. The average Bonchev–Trinajstić information content (AvgIpc) is 2.95. The molecule has 1 aliphatic rings. The van der Waals surface area contributed by atoms with Crippen LogP contribution < -0.4 is 5.32 Å². The third-order valence-corrected chi connectivity index (χ3v) is 4.20. The molecule has 1 aliphatic heterocycles. The Morgan fingerprint density at radius 3 is 2.76 bits per heavy atom. The first-order chi connectivity index (χ1) is 9.99. The third-order valence-electron chi connectivity index (χ3n) is 3.90. The van der Waals surface area contributed by atoms with E-state index in [0.717, 1.165) is 25.4 Å². The molecule has 0 bridgehead atoms. The number of carbonyl (C=O) groups excluding carboxylic acids is 1. The quantitative estimate of drug-likeness (QED) is 0.850. The van der Waals surface area contributed by atoms with Gasteiger partial charge in [0.05, 0.1) is 11.8 Å². The number of hydrogen-bond donors (Lipinski definition) is 1. The highest BCUT2D eigenvalue weighted by molar-refractivity contribution is 6.32. The van der Waals surface area contributed by atoms with Gasteiger partial charge in [0, 0.05) is 12.6 Å². The average molecular weight is 314 g/mol. The maximum Gasteiger partial charge on any atom is 0.254 e. The van der Waals surface area contributed by atoms with Crippen molar-refractivity contribution >= 4 is 17.5 Å². The second kappa shape index (κ2) is 7.18. The van der Waals surface area contributed by atoms with Crippen LogP contribution in [0.4, 0.5) is 4.39 Å². The highest BCUT2D eigenvalue weighted by Crippen LogP contribution is 2.18. The fourth-order valence-corrected chi connectivity index (χ4v) is 2.92. The van der Waals surface area contributed by atoms with Gasteiger partial charge in [-0.25, -0.2) is 9.37 Å². The minimum atomic E-state index is -0.565. The topological polar surface area (TPSA) is 45.2 Å². The fourth-order valence-electron chi connectivity index (χ4n) is 2.73. The number of halogens is 2. The van der Waals surface area contributed by atoms with Gasteiger partial charge in [0.1, 0.15) is 11.0 Å². The molecule has 1 aromatic heterocycles. The van der Waals surface area contributed by atoms with E-state index in [9.17, 15) is 9.18 Å². The summed E-state index contributed by atoms with van der Waals surface area (Å²) in [5.74, 6) is -0.508. The second-order valence-electron chi connectivity index (χ2n) is 5.76. The zero-order valence-corrected chi connectivity index (χ0v) is 13.2. The monoisotopic (exact) mass is 313 g/mol. The van der Waals surface area contributed by atoms with Crippen molar-refractivity contribution < 1.29 is 9.18 Å². The van der Waals surface area contributed by atoms with Crippen molar-refractivity contribution in [3.05, 3.63) is 28.8 Å². The predicted octanol–water partition coefficient (Wildman–Crippen LogP) is 2.72. The van der Waals surface area contributed by atoms with E-state index in [1.807, 2.05) is 0 Å². The Hall–Kier alpha value is -1.20. The number of pyridine rings is 1. The number of hydrogen-bond acceptors (Lipinski definition) is 3. The maximum absolute atomic E-state index is 13.2. The van der Waals surface area contributed by atoms with E-state index in [0.29, 0.717) is 12.5 Å². The summed E-state index contributed by atoms with van der Waals surface area (Å²) in [7, 11) is 0. The molecule has 1 amide bonds. The summed E-state index contributed by atoms with van der Waals surface area (Å²) < 4.78 is 13.2. The largest absolute Gasteiger partial charge is 0.350 e. The minimum absolute atomic E-state index is 0.0242. The standard InChI is InChI=1S/C15H21ClFN3O/c1-10(2)13(20-5-3-4-6-20)9-19-15(21)12-7-11(17)8-18-14(12)16/h7-8,10,13H,3-6,9H2,1-2H3,(H,19,21). The molecule has 1 saturated heterocycles. The summed E-state index contributed by atoms with van der Waals surface area (Å²) in [4.78, 5) is 18.2. The van der Waals surface area contributed by atoms with Crippen LogP contribution in [0.25, 0.3) is 0 Å². The van der Waals surface area contributed by atoms with Crippen LogP contribution in [0.15, 0.2) is 12.3 Å². The van der Waals surface area contributed by atoms with Crippen molar-refractivity contribution in [1.82, 2.24) is 15.2 Å². The number of rotatable bonds is 5. The van der Waals surface area contributed by atoms with Crippen molar-refractivity contribution in [3.8, 4) is 0 Å². The highest BCUT2D eigenvalue weighted by Gasteiger charge is 2.25. The predicted molar refractivity (Wildman–Crippen MR) is 81.0 cm³/mol. The fraction of sp³-hybridized carbons (Fsp3) is 0.600. The van der Waals surface area contributed by atoms with Crippen LogP contribution in [0, 0.1) is 11.7 Å². The van der Waals surface area contributed by atoms with Gasteiger partial charge in [0.25, 0.3) is 5.91 Å². The van der Waals surface area contributed by atoms with Crippen molar-refractivity contribution in [2.75, 3.05) is 19.6 Å². The maximum atomic E-state index is 13.2. The molecule has 1 fully saturated rings. The van der Waals surface area contributed by atoms with Gasteiger partial charge in [-0.15, -0.1) is 0 Å². The van der Waals surface area contributed by atoms with Crippen LogP contribution in [0.2, 0.25) is 5.15 Å². The van der Waals surface area contributed by atoms with Gasteiger partial charge in [-0.3, -0.25) is 9.69 Å². The molecule has 4 nitrogen and oxygen atoms in total. The van der Waals surface area contributed by atoms with Crippen molar-refractivity contribution in [2.24, 2.45) is 5.92 Å². The van der Waals surface area contributed by atoms with Gasteiger partial charge < -0.3 is 5.32 Å². The molecule has 0 radical (unpaired) electrons. The van der Waals surface area contributed by atoms with E-state index in [1.54, 1.807) is 0 Å².